The Hall–Kier alpha value is -1.64. The minimum Gasteiger partial charge on any atom is -0.439 e. The summed E-state index contributed by atoms with van der Waals surface area (Å²) >= 11 is 5.90. The van der Waals surface area contributed by atoms with Crippen LogP contribution in [0.25, 0.3) is 0 Å². The number of carbonyl (C=O) groups excluding carboxylic acids is 2. The van der Waals surface area contributed by atoms with Crippen LogP contribution in [0.2, 0.25) is 5.02 Å². The van der Waals surface area contributed by atoms with Crippen molar-refractivity contribution in [2.45, 2.75) is 10.9 Å². The number of rotatable bonds is 3. The summed E-state index contributed by atoms with van der Waals surface area (Å²) in [5.41, 5.74) is 0. The van der Waals surface area contributed by atoms with Crippen LogP contribution in [0.3, 0.4) is 0 Å². The number of cyclic esters (lactones) is 1. The third kappa shape index (κ3) is 2.29. The zero-order valence-electron chi connectivity index (χ0n) is 10.7. The van der Waals surface area contributed by atoms with Crippen molar-refractivity contribution < 1.29 is 22.7 Å². The van der Waals surface area contributed by atoms with E-state index in [-0.39, 0.29) is 29.6 Å². The Bertz CT molecular complexity index is 698. The lowest BCUT2D eigenvalue weighted by atomic mass is 10.1. The van der Waals surface area contributed by atoms with Gasteiger partial charge >= 0.3 is 6.09 Å². The van der Waals surface area contributed by atoms with E-state index in [1.807, 2.05) is 0 Å². The van der Waals surface area contributed by atoms with Crippen LogP contribution in [-0.2, 0) is 19.6 Å². The Morgan fingerprint density at radius 1 is 1.19 bits per heavy atom. The van der Waals surface area contributed by atoms with E-state index in [0.29, 0.717) is 0 Å². The van der Waals surface area contributed by atoms with Crippen molar-refractivity contribution in [1.82, 2.24) is 9.21 Å². The number of imide groups is 1. The van der Waals surface area contributed by atoms with Crippen molar-refractivity contribution in [1.29, 1.82) is 0 Å². The molecule has 2 saturated heterocycles. The van der Waals surface area contributed by atoms with Crippen molar-refractivity contribution in [2.75, 3.05) is 19.7 Å². The maximum atomic E-state index is 12.4. The van der Waals surface area contributed by atoms with Gasteiger partial charge in [0, 0.05) is 13.1 Å². The number of hydrogen-bond donors (Lipinski definition) is 0. The van der Waals surface area contributed by atoms with Gasteiger partial charge in [-0.3, -0.25) is 4.79 Å². The standard InChI is InChI=1S/C12H11ClN2O5S/c13-9-3-1-2-4-10(9)21(18,19)14-5-8(6-14)15-11(16)7-20-12(15)17/h1-4,8H,5-7H2. The Balaban J connectivity index is 1.75. The molecule has 0 unspecified atom stereocenters. The van der Waals surface area contributed by atoms with E-state index in [2.05, 4.69) is 4.74 Å². The molecule has 1 aromatic carbocycles. The minimum atomic E-state index is -3.72. The molecule has 1 aromatic rings. The van der Waals surface area contributed by atoms with Gasteiger partial charge in [-0.05, 0) is 12.1 Å². The third-order valence-electron chi connectivity index (χ3n) is 3.43. The monoisotopic (exact) mass is 330 g/mol. The molecule has 0 aromatic heterocycles. The van der Waals surface area contributed by atoms with E-state index in [1.54, 1.807) is 12.1 Å². The zero-order chi connectivity index (χ0) is 15.2. The van der Waals surface area contributed by atoms with Gasteiger partial charge in [-0.2, -0.15) is 4.31 Å². The molecule has 2 amide bonds. The summed E-state index contributed by atoms with van der Waals surface area (Å²) in [6.45, 7) is -0.185. The van der Waals surface area contributed by atoms with Gasteiger partial charge in [0.2, 0.25) is 10.0 Å². The van der Waals surface area contributed by atoms with Crippen molar-refractivity contribution in [3.63, 3.8) is 0 Å². The van der Waals surface area contributed by atoms with Gasteiger partial charge in [0.25, 0.3) is 5.91 Å². The molecule has 0 spiro atoms. The highest BCUT2D eigenvalue weighted by Gasteiger charge is 2.47. The molecule has 2 heterocycles. The quantitative estimate of drug-likeness (QED) is 0.814. The van der Waals surface area contributed by atoms with Crippen LogP contribution >= 0.6 is 11.6 Å². The summed E-state index contributed by atoms with van der Waals surface area (Å²) in [6.07, 6.45) is -0.722. The van der Waals surface area contributed by atoms with Gasteiger partial charge in [0.15, 0.2) is 6.61 Å². The van der Waals surface area contributed by atoms with Crippen LogP contribution < -0.4 is 0 Å². The topological polar surface area (TPSA) is 84.0 Å². The highest BCUT2D eigenvalue weighted by atomic mass is 35.5. The van der Waals surface area contributed by atoms with Crippen LogP contribution in [-0.4, -0.2) is 55.4 Å². The maximum Gasteiger partial charge on any atom is 0.417 e. The van der Waals surface area contributed by atoms with E-state index < -0.39 is 28.1 Å². The highest BCUT2D eigenvalue weighted by Crippen LogP contribution is 2.29. The molecule has 112 valence electrons. The summed E-state index contributed by atoms with van der Waals surface area (Å²) in [5, 5.41) is 0.137. The minimum absolute atomic E-state index is 0.0143. The number of ether oxygens (including phenoxy) is 1. The summed E-state index contributed by atoms with van der Waals surface area (Å²) in [7, 11) is -3.72. The molecule has 0 N–H and O–H groups in total. The lowest BCUT2D eigenvalue weighted by molar-refractivity contribution is -0.128. The molecule has 2 aliphatic heterocycles. The Morgan fingerprint density at radius 3 is 2.43 bits per heavy atom. The summed E-state index contributed by atoms with van der Waals surface area (Å²) in [4.78, 5) is 23.9. The zero-order valence-corrected chi connectivity index (χ0v) is 12.3. The van der Waals surface area contributed by atoms with Crippen LogP contribution in [0.4, 0.5) is 4.79 Å². The number of amides is 2. The summed E-state index contributed by atoms with van der Waals surface area (Å²) in [5.74, 6) is -0.445. The predicted octanol–water partition coefficient (Wildman–Crippen LogP) is 0.692. The van der Waals surface area contributed by atoms with Gasteiger partial charge in [-0.1, -0.05) is 23.7 Å². The van der Waals surface area contributed by atoms with Gasteiger partial charge in [-0.15, -0.1) is 0 Å². The summed E-state index contributed by atoms with van der Waals surface area (Å²) in [6, 6.07) is 5.65. The molecule has 9 heteroatoms. The molecule has 21 heavy (non-hydrogen) atoms. The third-order valence-corrected chi connectivity index (χ3v) is 5.76. The average molecular weight is 331 g/mol. The molecule has 0 saturated carbocycles. The molecular formula is C12H11ClN2O5S. The Labute approximate surface area is 126 Å². The fraction of sp³-hybridized carbons (Fsp3) is 0.333. The average Bonchev–Trinajstić information content (AvgIpc) is 2.69. The molecule has 0 atom stereocenters. The number of benzene rings is 1. The predicted molar refractivity (Wildman–Crippen MR) is 72.2 cm³/mol. The van der Waals surface area contributed by atoms with Gasteiger partial charge < -0.3 is 4.74 Å². The Morgan fingerprint density at radius 2 is 1.86 bits per heavy atom. The molecule has 2 aliphatic rings. The van der Waals surface area contributed by atoms with E-state index >= 15 is 0 Å². The van der Waals surface area contributed by atoms with E-state index in [1.165, 1.54) is 16.4 Å². The molecule has 2 fully saturated rings. The number of sulfonamides is 1. The first kappa shape index (κ1) is 14.3. The van der Waals surface area contributed by atoms with Gasteiger partial charge in [-0.25, -0.2) is 18.1 Å². The number of halogens is 1. The second-order valence-corrected chi connectivity index (χ2v) is 7.04. The normalized spacial score (nSPS) is 20.5. The Kier molecular flexibility index (Phi) is 3.39. The lowest BCUT2D eigenvalue weighted by Crippen LogP contribution is -2.62. The second-order valence-electron chi connectivity index (χ2n) is 4.72. The largest absolute Gasteiger partial charge is 0.439 e. The highest BCUT2D eigenvalue weighted by molar-refractivity contribution is 7.89. The van der Waals surface area contributed by atoms with Crippen LogP contribution in [0.1, 0.15) is 0 Å². The molecule has 0 bridgehead atoms. The lowest BCUT2D eigenvalue weighted by Gasteiger charge is -2.40. The first-order chi connectivity index (χ1) is 9.91. The van der Waals surface area contributed by atoms with Crippen LogP contribution in [0, 0.1) is 0 Å². The fourth-order valence-electron chi connectivity index (χ4n) is 2.29. The van der Waals surface area contributed by atoms with Crippen molar-refractivity contribution in [3.8, 4) is 0 Å². The molecule has 7 nitrogen and oxygen atoms in total. The summed E-state index contributed by atoms with van der Waals surface area (Å²) < 4.78 is 30.5. The number of hydrogen-bond acceptors (Lipinski definition) is 5. The first-order valence-electron chi connectivity index (χ1n) is 6.15. The molecule has 0 radical (unpaired) electrons. The number of nitrogens with zero attached hydrogens (tertiary/aromatic N) is 2. The fourth-order valence-corrected chi connectivity index (χ4v) is 4.29. The molecule has 3 rings (SSSR count). The van der Waals surface area contributed by atoms with E-state index in [4.69, 9.17) is 11.6 Å². The van der Waals surface area contributed by atoms with Crippen molar-refractivity contribution >= 4 is 33.6 Å². The van der Waals surface area contributed by atoms with Crippen LogP contribution in [0.5, 0.6) is 0 Å². The maximum absolute atomic E-state index is 12.4. The van der Waals surface area contributed by atoms with E-state index in [9.17, 15) is 18.0 Å². The van der Waals surface area contributed by atoms with Crippen LogP contribution in [0.15, 0.2) is 29.2 Å². The van der Waals surface area contributed by atoms with Crippen molar-refractivity contribution in [2.24, 2.45) is 0 Å². The molecule has 0 aliphatic carbocycles. The smallest absolute Gasteiger partial charge is 0.417 e. The van der Waals surface area contributed by atoms with Gasteiger partial charge in [0.1, 0.15) is 4.90 Å². The SMILES string of the molecule is O=C1COC(=O)N1C1CN(S(=O)(=O)c2ccccc2Cl)C1. The van der Waals surface area contributed by atoms with Crippen molar-refractivity contribution in [3.05, 3.63) is 29.3 Å². The van der Waals surface area contributed by atoms with E-state index in [0.717, 1.165) is 4.90 Å². The number of carbonyl (C=O) groups is 2. The first-order valence-corrected chi connectivity index (χ1v) is 7.96. The molecular weight excluding hydrogens is 320 g/mol. The van der Waals surface area contributed by atoms with Gasteiger partial charge in [0.05, 0.1) is 11.1 Å². The second kappa shape index (κ2) is 4.97.